The standard InChI is InChI=1S/C28H21N3/c1-19-13-24(31)14-20(2)25(19)12-11-21-7-6-10-23-16-27(22-8-4-3-5-9-22)28(17-29,18-30)26(23)15-21/h3-10,13-16,26H,31H2,1-2H3. The van der Waals surface area contributed by atoms with Crippen molar-refractivity contribution in [2.24, 2.45) is 11.3 Å². The van der Waals surface area contributed by atoms with Crippen molar-refractivity contribution in [1.82, 2.24) is 0 Å². The Labute approximate surface area is 183 Å². The van der Waals surface area contributed by atoms with Gasteiger partial charge in [0, 0.05) is 22.7 Å². The number of anilines is 1. The number of nitriles is 2. The van der Waals surface area contributed by atoms with Crippen LogP contribution < -0.4 is 5.73 Å². The van der Waals surface area contributed by atoms with Gasteiger partial charge in [0.25, 0.3) is 0 Å². The Balaban J connectivity index is 1.79. The van der Waals surface area contributed by atoms with Crippen molar-refractivity contribution in [3.63, 3.8) is 0 Å². The zero-order valence-corrected chi connectivity index (χ0v) is 17.5. The molecule has 2 aliphatic carbocycles. The van der Waals surface area contributed by atoms with Crippen molar-refractivity contribution in [3.8, 4) is 24.0 Å². The fourth-order valence-corrected chi connectivity index (χ4v) is 4.28. The predicted molar refractivity (Wildman–Crippen MR) is 124 cm³/mol. The van der Waals surface area contributed by atoms with E-state index >= 15 is 0 Å². The molecule has 148 valence electrons. The van der Waals surface area contributed by atoms with Gasteiger partial charge in [0.15, 0.2) is 5.41 Å². The first-order chi connectivity index (χ1) is 15.0. The van der Waals surface area contributed by atoms with E-state index in [1.54, 1.807) is 0 Å². The SMILES string of the molecule is Cc1cc(N)cc(C)c1C#CC1=CC2C(=CC=C1)C=C(c1ccccc1)C2(C#N)C#N. The Morgan fingerprint density at radius 3 is 2.29 bits per heavy atom. The molecule has 0 heterocycles. The third-order valence-electron chi connectivity index (χ3n) is 5.80. The van der Waals surface area contributed by atoms with Gasteiger partial charge >= 0.3 is 0 Å². The van der Waals surface area contributed by atoms with Gasteiger partial charge in [-0.2, -0.15) is 10.5 Å². The highest BCUT2D eigenvalue weighted by Gasteiger charge is 2.48. The van der Waals surface area contributed by atoms with Crippen LogP contribution in [0.1, 0.15) is 22.3 Å². The second kappa shape index (κ2) is 7.87. The fourth-order valence-electron chi connectivity index (χ4n) is 4.28. The number of allylic oxidation sites excluding steroid dienone is 8. The molecule has 31 heavy (non-hydrogen) atoms. The number of nitrogen functional groups attached to an aromatic ring is 1. The highest BCUT2D eigenvalue weighted by atomic mass is 14.5. The summed E-state index contributed by atoms with van der Waals surface area (Å²) in [5.74, 6) is 6.12. The maximum absolute atomic E-state index is 10.1. The first kappa shape index (κ1) is 20.0. The number of aryl methyl sites for hydroxylation is 2. The quantitative estimate of drug-likeness (QED) is 0.515. The van der Waals surface area contributed by atoms with Crippen LogP contribution in [0.5, 0.6) is 0 Å². The number of nitrogens with zero attached hydrogens (tertiary/aromatic N) is 2. The van der Waals surface area contributed by atoms with Crippen LogP contribution in [0.15, 0.2) is 84.0 Å². The number of hydrogen-bond acceptors (Lipinski definition) is 3. The van der Waals surface area contributed by atoms with E-state index in [0.29, 0.717) is 0 Å². The van der Waals surface area contributed by atoms with E-state index in [1.165, 1.54) is 0 Å². The summed E-state index contributed by atoms with van der Waals surface area (Å²) in [5, 5.41) is 20.3. The molecule has 0 saturated carbocycles. The van der Waals surface area contributed by atoms with E-state index in [0.717, 1.165) is 44.7 Å². The molecular weight excluding hydrogens is 378 g/mol. The predicted octanol–water partition coefficient (Wildman–Crippen LogP) is 5.41. The first-order valence-electron chi connectivity index (χ1n) is 10.1. The van der Waals surface area contributed by atoms with Crippen LogP contribution in [0.2, 0.25) is 0 Å². The van der Waals surface area contributed by atoms with Crippen LogP contribution in [0, 0.1) is 59.7 Å². The van der Waals surface area contributed by atoms with Crippen molar-refractivity contribution in [3.05, 3.63) is 106 Å². The Hall–Kier alpha value is -4.26. The molecule has 1 unspecified atom stereocenters. The van der Waals surface area contributed by atoms with Crippen LogP contribution in [0.3, 0.4) is 0 Å². The monoisotopic (exact) mass is 399 g/mol. The zero-order chi connectivity index (χ0) is 22.0. The van der Waals surface area contributed by atoms with Gasteiger partial charge in [-0.15, -0.1) is 0 Å². The summed E-state index contributed by atoms with van der Waals surface area (Å²) in [7, 11) is 0. The molecule has 2 aromatic rings. The van der Waals surface area contributed by atoms with Crippen LogP contribution in [-0.4, -0.2) is 0 Å². The fraction of sp³-hybridized carbons (Fsp3) is 0.143. The number of hydrogen-bond donors (Lipinski definition) is 1. The topological polar surface area (TPSA) is 73.6 Å². The van der Waals surface area contributed by atoms with E-state index in [2.05, 4.69) is 24.0 Å². The van der Waals surface area contributed by atoms with Gasteiger partial charge in [0.05, 0.1) is 12.1 Å². The van der Waals surface area contributed by atoms with Crippen LogP contribution in [-0.2, 0) is 0 Å². The number of benzene rings is 2. The van der Waals surface area contributed by atoms with E-state index in [9.17, 15) is 10.5 Å². The molecule has 1 atom stereocenters. The van der Waals surface area contributed by atoms with Crippen LogP contribution in [0.4, 0.5) is 5.69 Å². The second-order valence-electron chi connectivity index (χ2n) is 7.86. The molecule has 3 nitrogen and oxygen atoms in total. The minimum absolute atomic E-state index is 0.384. The van der Waals surface area contributed by atoms with E-state index < -0.39 is 5.41 Å². The Morgan fingerprint density at radius 1 is 0.968 bits per heavy atom. The average Bonchev–Trinajstić information content (AvgIpc) is 2.91. The van der Waals surface area contributed by atoms with Crippen molar-refractivity contribution in [2.45, 2.75) is 13.8 Å². The molecule has 0 saturated heterocycles. The van der Waals surface area contributed by atoms with E-state index in [4.69, 9.17) is 5.73 Å². The van der Waals surface area contributed by atoms with Crippen molar-refractivity contribution in [2.75, 3.05) is 5.73 Å². The maximum atomic E-state index is 10.1. The average molecular weight is 399 g/mol. The summed E-state index contributed by atoms with van der Waals surface area (Å²) in [6.45, 7) is 3.99. The molecule has 0 bridgehead atoms. The number of rotatable bonds is 1. The highest BCUT2D eigenvalue weighted by Crippen LogP contribution is 2.52. The molecule has 0 amide bonds. The summed E-state index contributed by atoms with van der Waals surface area (Å²) >= 11 is 0. The minimum atomic E-state index is -1.29. The summed E-state index contributed by atoms with van der Waals surface area (Å²) in [5.41, 5.74) is 11.7. The van der Waals surface area contributed by atoms with Gasteiger partial charge in [-0.25, -0.2) is 0 Å². The minimum Gasteiger partial charge on any atom is -0.399 e. The zero-order valence-electron chi connectivity index (χ0n) is 17.5. The number of fused-ring (bicyclic) bond motifs is 1. The molecule has 3 heteroatoms. The summed E-state index contributed by atoms with van der Waals surface area (Å²) in [6.07, 6.45) is 9.74. The normalized spacial score (nSPS) is 18.2. The van der Waals surface area contributed by atoms with Crippen molar-refractivity contribution in [1.29, 1.82) is 10.5 Å². The van der Waals surface area contributed by atoms with Gasteiger partial charge in [-0.1, -0.05) is 66.5 Å². The summed E-state index contributed by atoms with van der Waals surface area (Å²) < 4.78 is 0. The lowest BCUT2D eigenvalue weighted by Gasteiger charge is -2.23. The molecule has 0 radical (unpaired) electrons. The molecule has 2 aromatic carbocycles. The first-order valence-corrected chi connectivity index (χ1v) is 10.1. The lowest BCUT2D eigenvalue weighted by molar-refractivity contribution is 0.577. The third-order valence-corrected chi connectivity index (χ3v) is 5.80. The Bertz CT molecular complexity index is 1290. The van der Waals surface area contributed by atoms with E-state index in [1.807, 2.05) is 86.7 Å². The van der Waals surface area contributed by atoms with Crippen molar-refractivity contribution < 1.29 is 0 Å². The van der Waals surface area contributed by atoms with Crippen molar-refractivity contribution >= 4 is 11.3 Å². The molecule has 0 aliphatic heterocycles. The third kappa shape index (κ3) is 3.46. The molecule has 0 spiro atoms. The Kier molecular flexibility index (Phi) is 5.09. The largest absolute Gasteiger partial charge is 0.399 e. The van der Waals surface area contributed by atoms with Gasteiger partial charge in [0.1, 0.15) is 0 Å². The van der Waals surface area contributed by atoms with Gasteiger partial charge in [-0.05, 0) is 59.9 Å². The molecule has 4 rings (SSSR count). The van der Waals surface area contributed by atoms with Gasteiger partial charge in [0.2, 0.25) is 0 Å². The smallest absolute Gasteiger partial charge is 0.179 e. The molecule has 0 aromatic heterocycles. The molecule has 2 N–H and O–H groups in total. The second-order valence-corrected chi connectivity index (χ2v) is 7.86. The van der Waals surface area contributed by atoms with E-state index in [-0.39, 0.29) is 5.92 Å². The van der Waals surface area contributed by atoms with Gasteiger partial charge < -0.3 is 5.73 Å². The van der Waals surface area contributed by atoms with Gasteiger partial charge in [-0.3, -0.25) is 0 Å². The number of nitrogens with two attached hydrogens (primary N) is 1. The molecule has 2 aliphatic rings. The lowest BCUT2D eigenvalue weighted by Crippen LogP contribution is -2.24. The van der Waals surface area contributed by atoms with Crippen LogP contribution >= 0.6 is 0 Å². The highest BCUT2D eigenvalue weighted by molar-refractivity contribution is 5.83. The lowest BCUT2D eigenvalue weighted by atomic mass is 9.72. The summed E-state index contributed by atoms with van der Waals surface area (Å²) in [4.78, 5) is 0. The Morgan fingerprint density at radius 2 is 1.65 bits per heavy atom. The maximum Gasteiger partial charge on any atom is 0.179 e. The summed E-state index contributed by atoms with van der Waals surface area (Å²) in [6, 6.07) is 18.1. The van der Waals surface area contributed by atoms with Crippen LogP contribution in [0.25, 0.3) is 5.57 Å². The molecular formula is C28H21N3. The molecule has 0 fully saturated rings.